The van der Waals surface area contributed by atoms with E-state index in [2.05, 4.69) is 0 Å². The van der Waals surface area contributed by atoms with Crippen LogP contribution in [0, 0.1) is 5.92 Å². The van der Waals surface area contributed by atoms with Crippen molar-refractivity contribution in [3.8, 4) is 0 Å². The van der Waals surface area contributed by atoms with Gasteiger partial charge in [0.05, 0.1) is 0 Å². The minimum absolute atomic E-state index is 0. The summed E-state index contributed by atoms with van der Waals surface area (Å²) >= 11 is 0. The van der Waals surface area contributed by atoms with Gasteiger partial charge in [0, 0.05) is 0 Å². The van der Waals surface area contributed by atoms with Crippen molar-refractivity contribution in [2.75, 3.05) is 13.2 Å². The van der Waals surface area contributed by atoms with Crippen LogP contribution in [-0.4, -0.2) is 36.3 Å². The fraction of sp³-hybridized carbons (Fsp3) is 1.00. The van der Waals surface area contributed by atoms with Crippen molar-refractivity contribution in [2.24, 2.45) is 5.92 Å². The molecule has 2 nitrogen and oxygen atoms in total. The Bertz CT molecular complexity index is 32.2. The van der Waals surface area contributed by atoms with Crippen LogP contribution >= 0.6 is 0 Å². The van der Waals surface area contributed by atoms with E-state index in [1.165, 1.54) is 0 Å². The van der Waals surface area contributed by atoms with Crippen molar-refractivity contribution in [2.45, 2.75) is 20.8 Å². The van der Waals surface area contributed by atoms with Gasteiger partial charge in [-0.3, -0.25) is 0 Å². The van der Waals surface area contributed by atoms with Crippen LogP contribution in [0.5, 0.6) is 0 Å². The van der Waals surface area contributed by atoms with Crippen LogP contribution in [0.25, 0.3) is 0 Å². The average Bonchev–Trinajstić information content (AvgIpc) is 1.69. The zero-order valence-electron chi connectivity index (χ0n) is 6.52. The fourth-order valence-corrected chi connectivity index (χ4v) is 0. The van der Waals surface area contributed by atoms with Crippen LogP contribution in [0.2, 0.25) is 0 Å². The summed E-state index contributed by atoms with van der Waals surface area (Å²) < 4.78 is 0. The topological polar surface area (TPSA) is 46.1 Å². The molecule has 0 atom stereocenters. The van der Waals surface area contributed by atoms with E-state index in [4.69, 9.17) is 5.11 Å². The van der Waals surface area contributed by atoms with E-state index in [9.17, 15) is 5.11 Å². The van der Waals surface area contributed by atoms with Crippen LogP contribution in [0.1, 0.15) is 20.8 Å². The van der Waals surface area contributed by atoms with E-state index >= 15 is 0 Å². The first kappa shape index (κ1) is 16.3. The third-order valence-electron chi connectivity index (χ3n) is 0.333. The van der Waals surface area contributed by atoms with Crippen molar-refractivity contribution in [1.29, 1.82) is 0 Å². The third kappa shape index (κ3) is 53.8. The maximum atomic E-state index is 9.63. The molecule has 0 fully saturated rings. The van der Waals surface area contributed by atoms with Crippen molar-refractivity contribution in [1.82, 2.24) is 0 Å². The van der Waals surface area contributed by atoms with Crippen molar-refractivity contribution in [3.05, 3.63) is 0 Å². The predicted octanol–water partition coefficient (Wildman–Crippen LogP) is -1.01. The van der Waals surface area contributed by atoms with Crippen LogP contribution < -0.4 is 10.2 Å². The Hall–Kier alpha value is 0.686. The van der Waals surface area contributed by atoms with E-state index in [-0.39, 0.29) is 36.3 Å². The molecule has 0 aromatic rings. The summed E-state index contributed by atoms with van der Waals surface area (Å²) in [4.78, 5) is 0. The van der Waals surface area contributed by atoms with Gasteiger partial charge in [-0.05, 0) is 0 Å². The second kappa shape index (κ2) is 15.9. The molecular formula is C6H14MgO2. The molecule has 0 radical (unpaired) electrons. The van der Waals surface area contributed by atoms with Crippen LogP contribution in [0.15, 0.2) is 0 Å². The molecule has 0 bridgehead atoms. The molecule has 3 heteroatoms. The van der Waals surface area contributed by atoms with Crippen LogP contribution in [0.3, 0.4) is 0 Å². The molecular weight excluding hydrogens is 128 g/mol. The second-order valence-electron chi connectivity index (χ2n) is 1.85. The second-order valence-corrected chi connectivity index (χ2v) is 1.85. The third-order valence-corrected chi connectivity index (χ3v) is 0.333. The van der Waals surface area contributed by atoms with Gasteiger partial charge < -0.3 is 10.2 Å². The summed E-state index contributed by atoms with van der Waals surface area (Å²) in [5, 5.41) is 18.6. The summed E-state index contributed by atoms with van der Waals surface area (Å²) in [6, 6.07) is 0. The van der Waals surface area contributed by atoms with Gasteiger partial charge in [0.15, 0.2) is 0 Å². The Morgan fingerprint density at radius 3 is 1.33 bits per heavy atom. The first-order valence-corrected chi connectivity index (χ1v) is 2.85. The van der Waals surface area contributed by atoms with Gasteiger partial charge in [0.2, 0.25) is 0 Å². The molecule has 9 heavy (non-hydrogen) atoms. The monoisotopic (exact) mass is 142 g/mol. The smallest absolute Gasteiger partial charge is 0.855 e. The van der Waals surface area contributed by atoms with Gasteiger partial charge in [0.25, 0.3) is 0 Å². The summed E-state index contributed by atoms with van der Waals surface area (Å²) in [7, 11) is 0. The van der Waals surface area contributed by atoms with E-state index in [1.807, 2.05) is 13.8 Å². The van der Waals surface area contributed by atoms with Gasteiger partial charge in [-0.15, -0.1) is 13.2 Å². The molecule has 0 aliphatic rings. The predicted molar refractivity (Wildman–Crippen MR) is 36.0 cm³/mol. The van der Waals surface area contributed by atoms with Crippen LogP contribution in [0.4, 0.5) is 0 Å². The molecule has 52 valence electrons. The molecule has 0 unspecified atom stereocenters. The molecule has 0 N–H and O–H groups in total. The van der Waals surface area contributed by atoms with E-state index in [1.54, 1.807) is 6.92 Å². The molecule has 0 spiro atoms. The zero-order chi connectivity index (χ0) is 6.99. The molecule has 0 rings (SSSR count). The Morgan fingerprint density at radius 2 is 1.33 bits per heavy atom. The Morgan fingerprint density at radius 1 is 1.22 bits per heavy atom. The SMILES string of the molecule is CC(C)C[O-].CC[O-].[Mg+2]. The molecule has 0 amide bonds. The normalized spacial score (nSPS) is 7.33. The quantitative estimate of drug-likeness (QED) is 0.441. The van der Waals surface area contributed by atoms with E-state index in [0.29, 0.717) is 5.92 Å². The molecule has 0 heterocycles. The molecule has 0 aliphatic carbocycles. The largest absolute Gasteiger partial charge is 2.00 e. The summed E-state index contributed by atoms with van der Waals surface area (Å²) in [5.74, 6) is 0.329. The molecule has 0 saturated heterocycles. The van der Waals surface area contributed by atoms with Crippen molar-refractivity contribution < 1.29 is 10.2 Å². The summed E-state index contributed by atoms with van der Waals surface area (Å²) in [6.07, 6.45) is 0. The number of hydrogen-bond donors (Lipinski definition) is 0. The van der Waals surface area contributed by atoms with Crippen LogP contribution in [-0.2, 0) is 0 Å². The number of rotatable bonds is 1. The maximum absolute atomic E-state index is 9.63. The minimum Gasteiger partial charge on any atom is -0.855 e. The molecule has 0 aromatic carbocycles. The maximum Gasteiger partial charge on any atom is 2.00 e. The minimum atomic E-state index is 0. The summed E-state index contributed by atoms with van der Waals surface area (Å²) in [6.45, 7) is 5.44. The zero-order valence-corrected chi connectivity index (χ0v) is 7.93. The van der Waals surface area contributed by atoms with Gasteiger partial charge in [-0.25, -0.2) is 0 Å². The van der Waals surface area contributed by atoms with Crippen molar-refractivity contribution >= 4 is 23.1 Å². The molecule has 0 saturated carbocycles. The molecule has 0 aliphatic heterocycles. The van der Waals surface area contributed by atoms with E-state index < -0.39 is 0 Å². The Labute approximate surface area is 73.4 Å². The van der Waals surface area contributed by atoms with Gasteiger partial charge in [-0.1, -0.05) is 26.7 Å². The fourth-order valence-electron chi connectivity index (χ4n) is 0. The first-order valence-electron chi connectivity index (χ1n) is 2.85. The average molecular weight is 142 g/mol. The van der Waals surface area contributed by atoms with Gasteiger partial charge in [-0.2, -0.15) is 0 Å². The Kier molecular flexibility index (Phi) is 28.8. The summed E-state index contributed by atoms with van der Waals surface area (Å²) in [5.41, 5.74) is 0. The number of hydrogen-bond acceptors (Lipinski definition) is 2. The first-order chi connectivity index (χ1) is 3.68. The van der Waals surface area contributed by atoms with Crippen molar-refractivity contribution in [3.63, 3.8) is 0 Å². The van der Waals surface area contributed by atoms with Gasteiger partial charge in [0.1, 0.15) is 0 Å². The Balaban J connectivity index is -0.0000000800. The van der Waals surface area contributed by atoms with E-state index in [0.717, 1.165) is 0 Å². The van der Waals surface area contributed by atoms with Gasteiger partial charge >= 0.3 is 23.1 Å². The standard InChI is InChI=1S/C4H9O.C2H5O.Mg/c1-4(2)3-5;1-2-3;/h4H,3H2,1-2H3;2H2,1H3;/q2*-1;+2. The molecule has 0 aromatic heterocycles.